The van der Waals surface area contributed by atoms with Crippen molar-refractivity contribution >= 4 is 0 Å². The Kier molecular flexibility index (Phi) is 2.69. The molecule has 3 nitrogen and oxygen atoms in total. The molecule has 0 unspecified atom stereocenters. The van der Waals surface area contributed by atoms with Gasteiger partial charge in [-0.15, -0.1) is 0 Å². The fourth-order valence-electron chi connectivity index (χ4n) is 1.96. The molecule has 0 radical (unpaired) electrons. The molecule has 0 spiro atoms. The zero-order valence-electron chi connectivity index (χ0n) is 9.81. The van der Waals surface area contributed by atoms with E-state index in [4.69, 9.17) is 0 Å². The summed E-state index contributed by atoms with van der Waals surface area (Å²) in [6, 6.07) is 9.74. The Morgan fingerprint density at radius 1 is 1.19 bits per heavy atom. The Morgan fingerprint density at radius 3 is 2.31 bits per heavy atom. The molecule has 1 heterocycles. The number of rotatable bonds is 2. The molecular formula is C13H16N2O. The summed E-state index contributed by atoms with van der Waals surface area (Å²) in [6.45, 7) is 4.09. The zero-order valence-corrected chi connectivity index (χ0v) is 9.81. The highest BCUT2D eigenvalue weighted by molar-refractivity contribution is 5.67. The van der Waals surface area contributed by atoms with E-state index in [9.17, 15) is 5.11 Å². The van der Waals surface area contributed by atoms with Crippen LogP contribution in [0, 0.1) is 0 Å². The minimum Gasteiger partial charge on any atom is -0.504 e. The molecule has 2 rings (SSSR count). The number of aryl methyl sites for hydroxylation is 1. The molecule has 0 aliphatic heterocycles. The van der Waals surface area contributed by atoms with Crippen LogP contribution < -0.4 is 0 Å². The summed E-state index contributed by atoms with van der Waals surface area (Å²) in [5.41, 5.74) is 2.48. The second kappa shape index (κ2) is 4.00. The lowest BCUT2D eigenvalue weighted by atomic mass is 10.1. The number of hydrogen-bond acceptors (Lipinski definition) is 2. The highest BCUT2D eigenvalue weighted by atomic mass is 16.3. The third kappa shape index (κ3) is 1.69. The van der Waals surface area contributed by atoms with Crippen molar-refractivity contribution in [3.8, 4) is 17.0 Å². The number of hydrogen-bond donors (Lipinski definition) is 1. The van der Waals surface area contributed by atoms with Crippen LogP contribution in [-0.2, 0) is 7.05 Å². The Bertz CT molecular complexity index is 486. The van der Waals surface area contributed by atoms with Gasteiger partial charge in [-0.25, -0.2) is 0 Å². The van der Waals surface area contributed by atoms with Gasteiger partial charge in [-0.3, -0.25) is 4.68 Å². The lowest BCUT2D eigenvalue weighted by Crippen LogP contribution is -1.99. The van der Waals surface area contributed by atoms with Crippen LogP contribution in [0.3, 0.4) is 0 Å². The van der Waals surface area contributed by atoms with E-state index in [0.717, 1.165) is 11.3 Å². The SMILES string of the molecule is CC(C)c1c(O)c(-c2ccccc2)nn1C. The molecule has 1 aromatic heterocycles. The van der Waals surface area contributed by atoms with Crippen molar-refractivity contribution in [1.82, 2.24) is 9.78 Å². The predicted octanol–water partition coefficient (Wildman–Crippen LogP) is 2.92. The van der Waals surface area contributed by atoms with Gasteiger partial charge in [0.1, 0.15) is 5.69 Å². The molecule has 0 atom stereocenters. The summed E-state index contributed by atoms with van der Waals surface area (Å²) in [4.78, 5) is 0. The summed E-state index contributed by atoms with van der Waals surface area (Å²) < 4.78 is 1.75. The van der Waals surface area contributed by atoms with Gasteiger partial charge in [-0.2, -0.15) is 5.10 Å². The van der Waals surface area contributed by atoms with Gasteiger partial charge in [-0.1, -0.05) is 44.2 Å². The first kappa shape index (κ1) is 10.7. The van der Waals surface area contributed by atoms with E-state index >= 15 is 0 Å². The van der Waals surface area contributed by atoms with Crippen molar-refractivity contribution in [2.45, 2.75) is 19.8 Å². The Labute approximate surface area is 95.3 Å². The molecule has 0 fully saturated rings. The summed E-state index contributed by atoms with van der Waals surface area (Å²) in [5, 5.41) is 14.5. The Morgan fingerprint density at radius 2 is 1.81 bits per heavy atom. The molecule has 1 aromatic carbocycles. The molecule has 0 saturated carbocycles. The average Bonchev–Trinajstić information content (AvgIpc) is 2.55. The molecule has 84 valence electrons. The molecule has 0 bridgehead atoms. The summed E-state index contributed by atoms with van der Waals surface area (Å²) in [7, 11) is 1.86. The normalized spacial score (nSPS) is 11.0. The van der Waals surface area contributed by atoms with E-state index in [1.54, 1.807) is 4.68 Å². The lowest BCUT2D eigenvalue weighted by molar-refractivity contribution is 0.462. The standard InChI is InChI=1S/C13H16N2O/c1-9(2)12-13(16)11(14-15(12)3)10-7-5-4-6-8-10/h4-9,16H,1-3H3. The van der Waals surface area contributed by atoms with Crippen molar-refractivity contribution in [2.75, 3.05) is 0 Å². The number of aromatic nitrogens is 2. The maximum Gasteiger partial charge on any atom is 0.165 e. The number of aromatic hydroxyl groups is 1. The van der Waals surface area contributed by atoms with Crippen LogP contribution in [0.5, 0.6) is 5.75 Å². The van der Waals surface area contributed by atoms with Crippen molar-refractivity contribution in [3.05, 3.63) is 36.0 Å². The molecule has 3 heteroatoms. The van der Waals surface area contributed by atoms with Gasteiger partial charge in [0.15, 0.2) is 5.75 Å². The maximum absolute atomic E-state index is 10.2. The number of benzene rings is 1. The van der Waals surface area contributed by atoms with E-state index < -0.39 is 0 Å². The van der Waals surface area contributed by atoms with E-state index in [-0.39, 0.29) is 5.92 Å². The predicted molar refractivity (Wildman–Crippen MR) is 64.4 cm³/mol. The van der Waals surface area contributed by atoms with E-state index in [0.29, 0.717) is 11.4 Å². The van der Waals surface area contributed by atoms with Crippen LogP contribution in [0.2, 0.25) is 0 Å². The van der Waals surface area contributed by atoms with Gasteiger partial charge >= 0.3 is 0 Å². The van der Waals surface area contributed by atoms with Crippen LogP contribution >= 0.6 is 0 Å². The van der Waals surface area contributed by atoms with E-state index in [1.807, 2.05) is 51.2 Å². The fraction of sp³-hybridized carbons (Fsp3) is 0.308. The smallest absolute Gasteiger partial charge is 0.165 e. The van der Waals surface area contributed by atoms with Gasteiger partial charge in [0.05, 0.1) is 5.69 Å². The van der Waals surface area contributed by atoms with Gasteiger partial charge < -0.3 is 5.11 Å². The largest absolute Gasteiger partial charge is 0.504 e. The summed E-state index contributed by atoms with van der Waals surface area (Å²) in [6.07, 6.45) is 0. The van der Waals surface area contributed by atoms with Crippen molar-refractivity contribution in [2.24, 2.45) is 7.05 Å². The second-order valence-corrected chi connectivity index (χ2v) is 4.23. The molecule has 1 N–H and O–H groups in total. The highest BCUT2D eigenvalue weighted by Gasteiger charge is 2.18. The number of nitrogens with zero attached hydrogens (tertiary/aromatic N) is 2. The summed E-state index contributed by atoms with van der Waals surface area (Å²) in [5.74, 6) is 0.554. The lowest BCUT2D eigenvalue weighted by Gasteiger charge is -2.05. The van der Waals surface area contributed by atoms with Crippen molar-refractivity contribution in [3.63, 3.8) is 0 Å². The summed E-state index contributed by atoms with van der Waals surface area (Å²) >= 11 is 0. The van der Waals surface area contributed by atoms with Crippen LogP contribution in [0.25, 0.3) is 11.3 Å². The topological polar surface area (TPSA) is 38.1 Å². The zero-order chi connectivity index (χ0) is 11.7. The first-order valence-electron chi connectivity index (χ1n) is 5.42. The van der Waals surface area contributed by atoms with Gasteiger partial charge in [-0.05, 0) is 5.92 Å². The Hall–Kier alpha value is -1.77. The third-order valence-electron chi connectivity index (χ3n) is 2.66. The monoisotopic (exact) mass is 216 g/mol. The van der Waals surface area contributed by atoms with Crippen molar-refractivity contribution in [1.29, 1.82) is 0 Å². The molecule has 0 amide bonds. The molecule has 16 heavy (non-hydrogen) atoms. The highest BCUT2D eigenvalue weighted by Crippen LogP contribution is 2.34. The second-order valence-electron chi connectivity index (χ2n) is 4.23. The van der Waals surface area contributed by atoms with Gasteiger partial charge in [0.25, 0.3) is 0 Å². The van der Waals surface area contributed by atoms with Crippen LogP contribution in [0.4, 0.5) is 0 Å². The minimum atomic E-state index is 0.259. The van der Waals surface area contributed by atoms with Crippen LogP contribution in [0.15, 0.2) is 30.3 Å². The van der Waals surface area contributed by atoms with Gasteiger partial charge in [0, 0.05) is 12.6 Å². The van der Waals surface area contributed by atoms with Crippen LogP contribution in [0.1, 0.15) is 25.5 Å². The first-order chi connectivity index (χ1) is 7.61. The molecular weight excluding hydrogens is 200 g/mol. The fourth-order valence-corrected chi connectivity index (χ4v) is 1.96. The quantitative estimate of drug-likeness (QED) is 0.838. The maximum atomic E-state index is 10.2. The van der Waals surface area contributed by atoms with E-state index in [2.05, 4.69) is 5.10 Å². The van der Waals surface area contributed by atoms with Gasteiger partial charge in [0.2, 0.25) is 0 Å². The Balaban J connectivity index is 2.56. The molecule has 0 saturated heterocycles. The van der Waals surface area contributed by atoms with Crippen LogP contribution in [-0.4, -0.2) is 14.9 Å². The minimum absolute atomic E-state index is 0.259. The average molecular weight is 216 g/mol. The molecule has 0 aliphatic carbocycles. The third-order valence-corrected chi connectivity index (χ3v) is 2.66. The molecule has 2 aromatic rings. The van der Waals surface area contributed by atoms with E-state index in [1.165, 1.54) is 0 Å². The first-order valence-corrected chi connectivity index (χ1v) is 5.42. The molecule has 0 aliphatic rings. The van der Waals surface area contributed by atoms with Crippen molar-refractivity contribution < 1.29 is 5.11 Å².